The Morgan fingerprint density at radius 1 is 1.10 bits per heavy atom. The van der Waals surface area contributed by atoms with Crippen molar-refractivity contribution in [2.24, 2.45) is 0 Å². The summed E-state index contributed by atoms with van der Waals surface area (Å²) in [4.78, 5) is 34.7. The average molecular weight is 448 g/mol. The van der Waals surface area contributed by atoms with E-state index in [4.69, 9.17) is 16.3 Å². The number of hydrogen-bond donors (Lipinski definition) is 0. The van der Waals surface area contributed by atoms with Gasteiger partial charge in [-0.25, -0.2) is 9.59 Å². The van der Waals surface area contributed by atoms with E-state index < -0.39 is 51.7 Å². The van der Waals surface area contributed by atoms with E-state index in [9.17, 15) is 32.9 Å². The molecule has 0 N–H and O–H groups in total. The minimum atomic E-state index is -4.72. The molecule has 12 heteroatoms. The van der Waals surface area contributed by atoms with Crippen molar-refractivity contribution in [2.45, 2.75) is 11.9 Å². The number of methoxy groups -OCH3 is 1. The Labute approximate surface area is 172 Å². The first kappa shape index (κ1) is 22.9. The molecule has 0 saturated carbocycles. The topological polar surface area (TPSA) is 105 Å². The zero-order valence-electron chi connectivity index (χ0n) is 15.1. The highest BCUT2D eigenvalue weighted by atomic mass is 35.5. The molecule has 0 aliphatic rings. The second kappa shape index (κ2) is 8.99. The largest absolute Gasteiger partial charge is 0.488 e. The number of nitrogens with zero attached hydrogens (tertiary/aromatic N) is 1. The zero-order chi connectivity index (χ0) is 22.5. The quantitative estimate of drug-likeness (QED) is 0.276. The molecule has 0 unspecified atom stereocenters. The third-order valence-corrected chi connectivity index (χ3v) is 4.06. The highest BCUT2D eigenvalue weighted by Gasteiger charge is 2.58. The van der Waals surface area contributed by atoms with Crippen molar-refractivity contribution >= 4 is 23.5 Å². The Morgan fingerprint density at radius 2 is 1.73 bits per heavy atom. The van der Waals surface area contributed by atoms with Crippen LogP contribution in [0.15, 0.2) is 48.5 Å². The number of rotatable bonds is 7. The van der Waals surface area contributed by atoms with Gasteiger partial charge in [-0.3, -0.25) is 10.1 Å². The van der Waals surface area contributed by atoms with E-state index in [-0.39, 0.29) is 5.56 Å². The molecule has 0 amide bonds. The molecule has 2 aromatic rings. The Kier molecular flexibility index (Phi) is 6.88. The monoisotopic (exact) mass is 447 g/mol. The van der Waals surface area contributed by atoms with Crippen LogP contribution >= 0.6 is 11.6 Å². The minimum absolute atomic E-state index is 0.319. The van der Waals surface area contributed by atoms with Gasteiger partial charge >= 0.3 is 23.8 Å². The fraction of sp³-hybridized carbons (Fsp3) is 0.222. The van der Waals surface area contributed by atoms with Gasteiger partial charge in [0.25, 0.3) is 0 Å². The molecule has 2 rings (SSSR count). The van der Waals surface area contributed by atoms with Crippen LogP contribution < -0.4 is 4.74 Å². The van der Waals surface area contributed by atoms with E-state index in [1.54, 1.807) is 0 Å². The second-order valence-corrected chi connectivity index (χ2v) is 6.07. The Morgan fingerprint density at radius 3 is 2.23 bits per heavy atom. The van der Waals surface area contributed by atoms with Crippen LogP contribution in [0.4, 0.5) is 13.2 Å². The number of alkyl halides is 3. The van der Waals surface area contributed by atoms with Crippen molar-refractivity contribution in [3.8, 4) is 5.75 Å². The van der Waals surface area contributed by atoms with Crippen molar-refractivity contribution < 1.29 is 41.9 Å². The van der Waals surface area contributed by atoms with Crippen molar-refractivity contribution in [1.29, 1.82) is 0 Å². The van der Waals surface area contributed by atoms with Crippen LogP contribution in [0.5, 0.6) is 5.75 Å². The van der Waals surface area contributed by atoms with Gasteiger partial charge in [0, 0.05) is 0 Å². The second-order valence-electron chi connectivity index (χ2n) is 5.66. The summed E-state index contributed by atoms with van der Waals surface area (Å²) in [6.45, 7) is -0.956. The van der Waals surface area contributed by atoms with Crippen LogP contribution in [0.2, 0.25) is 5.02 Å². The van der Waals surface area contributed by atoms with Gasteiger partial charge in [-0.1, -0.05) is 29.8 Å². The first-order valence-corrected chi connectivity index (χ1v) is 8.40. The first-order valence-electron chi connectivity index (χ1n) is 8.02. The zero-order valence-corrected chi connectivity index (χ0v) is 15.9. The molecule has 30 heavy (non-hydrogen) atoms. The number of ether oxygens (including phenoxy) is 3. The fourth-order valence-electron chi connectivity index (χ4n) is 2.30. The van der Waals surface area contributed by atoms with Crippen LogP contribution in [-0.2, 0) is 31.0 Å². The summed E-state index contributed by atoms with van der Waals surface area (Å²) in [7, 11) is 1.01. The van der Waals surface area contributed by atoms with E-state index in [2.05, 4.69) is 9.47 Å². The van der Waals surface area contributed by atoms with Gasteiger partial charge in [0.05, 0.1) is 28.2 Å². The molecule has 0 spiro atoms. The maximum absolute atomic E-state index is 12.8. The molecule has 2 aromatic carbocycles. The van der Waals surface area contributed by atoms with Crippen molar-refractivity contribution in [2.75, 3.05) is 13.7 Å². The molecule has 0 aliphatic heterocycles. The third kappa shape index (κ3) is 4.79. The molecule has 0 aromatic heterocycles. The highest BCUT2D eigenvalue weighted by Crippen LogP contribution is 2.38. The molecule has 0 bridgehead atoms. The van der Waals surface area contributed by atoms with E-state index in [1.807, 2.05) is 0 Å². The molecule has 0 radical (unpaired) electrons. The molecular formula is C18H13ClF3NO7. The van der Waals surface area contributed by atoms with Gasteiger partial charge in [-0.15, -0.1) is 0 Å². The number of hydrogen-bond acceptors (Lipinski definition) is 7. The maximum Gasteiger partial charge on any atom is 0.488 e. The van der Waals surface area contributed by atoms with E-state index in [0.29, 0.717) is 12.1 Å². The SMILES string of the molecule is COC(=O)COC(=O)[C@@](Oc1ccc(C(F)(F)F)cc1Cl)(c1ccccc1)[N+](=O)[O-]. The summed E-state index contributed by atoms with van der Waals surface area (Å²) >= 11 is 5.81. The lowest BCUT2D eigenvalue weighted by molar-refractivity contribution is -0.609. The van der Waals surface area contributed by atoms with Crippen LogP contribution in [0.3, 0.4) is 0 Å². The Balaban J connectivity index is 2.55. The van der Waals surface area contributed by atoms with Gasteiger partial charge in [0.2, 0.25) is 0 Å². The van der Waals surface area contributed by atoms with E-state index >= 15 is 0 Å². The van der Waals surface area contributed by atoms with Gasteiger partial charge < -0.3 is 14.2 Å². The summed E-state index contributed by atoms with van der Waals surface area (Å²) in [5.41, 5.74) is -4.50. The van der Waals surface area contributed by atoms with Gasteiger partial charge in [-0.2, -0.15) is 13.2 Å². The van der Waals surface area contributed by atoms with Gasteiger partial charge in [-0.05, 0) is 30.3 Å². The lowest BCUT2D eigenvalue weighted by atomic mass is 10.0. The summed E-state index contributed by atoms with van der Waals surface area (Å²) in [6, 6.07) is 8.36. The highest BCUT2D eigenvalue weighted by molar-refractivity contribution is 6.32. The smallest absolute Gasteiger partial charge is 0.466 e. The first-order chi connectivity index (χ1) is 14.0. The Hall–Kier alpha value is -3.34. The Bertz CT molecular complexity index is 953. The lowest BCUT2D eigenvalue weighted by Gasteiger charge is -2.24. The number of carbonyl (C=O) groups is 2. The number of benzene rings is 2. The fourth-order valence-corrected chi connectivity index (χ4v) is 2.52. The summed E-state index contributed by atoms with van der Waals surface area (Å²) < 4.78 is 52.7. The summed E-state index contributed by atoms with van der Waals surface area (Å²) in [6.07, 6.45) is -4.72. The number of esters is 2. The molecule has 0 saturated heterocycles. The third-order valence-electron chi connectivity index (χ3n) is 3.76. The van der Waals surface area contributed by atoms with Crippen LogP contribution in [-0.4, -0.2) is 30.6 Å². The molecule has 160 valence electrons. The molecule has 0 aliphatic carbocycles. The van der Waals surface area contributed by atoms with E-state index in [1.165, 1.54) is 30.3 Å². The maximum atomic E-state index is 12.8. The number of nitro groups is 1. The van der Waals surface area contributed by atoms with Gasteiger partial charge in [0.15, 0.2) is 6.61 Å². The number of halogens is 4. The van der Waals surface area contributed by atoms with Crippen LogP contribution in [0, 0.1) is 10.1 Å². The number of carbonyl (C=O) groups excluding carboxylic acids is 2. The standard InChI is InChI=1S/C18H13ClF3NO7/c1-28-15(24)10-29-16(25)17(23(26)27,11-5-3-2-4-6-11)30-14-8-7-12(9-13(14)19)18(20,21)22/h2-9H,10H2,1H3/t17-/m0/s1. The van der Waals surface area contributed by atoms with Gasteiger partial charge in [0.1, 0.15) is 5.75 Å². The van der Waals surface area contributed by atoms with Crippen molar-refractivity contribution in [3.05, 3.63) is 74.8 Å². The van der Waals surface area contributed by atoms with Crippen molar-refractivity contribution in [3.63, 3.8) is 0 Å². The van der Waals surface area contributed by atoms with Crippen LogP contribution in [0.25, 0.3) is 0 Å². The molecular weight excluding hydrogens is 435 g/mol. The normalized spacial score (nSPS) is 13.1. The molecule has 0 heterocycles. The predicted molar refractivity (Wildman–Crippen MR) is 95.2 cm³/mol. The molecule has 1 atom stereocenters. The lowest BCUT2D eigenvalue weighted by Crippen LogP contribution is -2.50. The van der Waals surface area contributed by atoms with Crippen LogP contribution in [0.1, 0.15) is 11.1 Å². The van der Waals surface area contributed by atoms with Crippen molar-refractivity contribution in [1.82, 2.24) is 0 Å². The van der Waals surface area contributed by atoms with E-state index in [0.717, 1.165) is 13.2 Å². The molecule has 8 nitrogen and oxygen atoms in total. The molecule has 0 fully saturated rings. The summed E-state index contributed by atoms with van der Waals surface area (Å²) in [5.74, 6) is -3.19. The summed E-state index contributed by atoms with van der Waals surface area (Å²) in [5, 5.41) is 11.3. The minimum Gasteiger partial charge on any atom is -0.466 e. The average Bonchev–Trinajstić information content (AvgIpc) is 2.70. The predicted octanol–water partition coefficient (Wildman–Crippen LogP) is 3.58.